The Bertz CT molecular complexity index is 786. The molecule has 5 heteroatoms. The molecule has 1 heterocycles. The van der Waals surface area contributed by atoms with Crippen molar-refractivity contribution in [1.29, 1.82) is 0 Å². The summed E-state index contributed by atoms with van der Waals surface area (Å²) in [5, 5.41) is 3.42. The Morgan fingerprint density at radius 2 is 1.87 bits per heavy atom. The average molecular weight is 331 g/mol. The predicted octanol–water partition coefficient (Wildman–Crippen LogP) is 2.88. The van der Waals surface area contributed by atoms with Crippen molar-refractivity contribution < 1.29 is 13.2 Å². The summed E-state index contributed by atoms with van der Waals surface area (Å²) < 4.78 is 30.0. The van der Waals surface area contributed by atoms with E-state index in [0.717, 1.165) is 16.9 Å². The molecule has 1 N–H and O–H groups in total. The molecule has 0 spiro atoms. The number of benzene rings is 2. The number of ether oxygens (including phenoxy) is 1. The number of nitrogens with one attached hydrogen (secondary N) is 1. The number of para-hydroxylation sites is 1. The number of fused-ring (bicyclic) bond motifs is 1. The van der Waals surface area contributed by atoms with Gasteiger partial charge in [-0.15, -0.1) is 0 Å². The van der Waals surface area contributed by atoms with Gasteiger partial charge in [0.15, 0.2) is 9.84 Å². The minimum Gasteiger partial charge on any atom is -0.492 e. The van der Waals surface area contributed by atoms with Crippen LogP contribution in [0.3, 0.4) is 0 Å². The lowest BCUT2D eigenvalue weighted by Crippen LogP contribution is -2.32. The quantitative estimate of drug-likeness (QED) is 0.856. The van der Waals surface area contributed by atoms with Crippen LogP contribution in [0.2, 0.25) is 0 Å². The summed E-state index contributed by atoms with van der Waals surface area (Å²) in [4.78, 5) is 0.462. The summed E-state index contributed by atoms with van der Waals surface area (Å²) in [6.07, 6.45) is 0.601. The summed E-state index contributed by atoms with van der Waals surface area (Å²) in [5.41, 5.74) is 1.98. The monoisotopic (exact) mass is 331 g/mol. The number of rotatable bonds is 5. The second kappa shape index (κ2) is 6.72. The Morgan fingerprint density at radius 3 is 2.70 bits per heavy atom. The molecule has 122 valence electrons. The SMILES string of the molecule is Cc1ccccc1OCCN[C@H]1CCS(=O)(=O)c2ccccc21. The maximum absolute atomic E-state index is 12.1. The molecular weight excluding hydrogens is 310 g/mol. The van der Waals surface area contributed by atoms with E-state index < -0.39 is 9.84 Å². The fourth-order valence-electron chi connectivity index (χ4n) is 2.91. The van der Waals surface area contributed by atoms with Crippen LogP contribution >= 0.6 is 0 Å². The molecule has 0 unspecified atom stereocenters. The van der Waals surface area contributed by atoms with Crippen molar-refractivity contribution in [3.05, 3.63) is 59.7 Å². The molecule has 0 bridgehead atoms. The van der Waals surface area contributed by atoms with Gasteiger partial charge in [0.25, 0.3) is 0 Å². The number of sulfone groups is 1. The van der Waals surface area contributed by atoms with E-state index in [9.17, 15) is 8.42 Å². The van der Waals surface area contributed by atoms with Gasteiger partial charge >= 0.3 is 0 Å². The Hall–Kier alpha value is -1.85. The van der Waals surface area contributed by atoms with Crippen LogP contribution in [0.25, 0.3) is 0 Å². The predicted molar refractivity (Wildman–Crippen MR) is 90.5 cm³/mol. The average Bonchev–Trinajstić information content (AvgIpc) is 2.55. The lowest BCUT2D eigenvalue weighted by atomic mass is 10.0. The number of hydrogen-bond donors (Lipinski definition) is 1. The molecule has 4 nitrogen and oxygen atoms in total. The van der Waals surface area contributed by atoms with Gasteiger partial charge in [0.1, 0.15) is 12.4 Å². The normalized spacial score (nSPS) is 19.1. The zero-order chi connectivity index (χ0) is 16.3. The topological polar surface area (TPSA) is 55.4 Å². The van der Waals surface area contributed by atoms with Gasteiger partial charge in [-0.2, -0.15) is 0 Å². The molecule has 1 aliphatic rings. The van der Waals surface area contributed by atoms with Gasteiger partial charge in [0.05, 0.1) is 10.6 Å². The van der Waals surface area contributed by atoms with Crippen molar-refractivity contribution in [3.8, 4) is 5.75 Å². The van der Waals surface area contributed by atoms with E-state index in [4.69, 9.17) is 4.74 Å². The molecule has 0 fully saturated rings. The van der Waals surface area contributed by atoms with E-state index >= 15 is 0 Å². The van der Waals surface area contributed by atoms with Gasteiger partial charge in [-0.25, -0.2) is 8.42 Å². The maximum Gasteiger partial charge on any atom is 0.178 e. The van der Waals surface area contributed by atoms with Crippen molar-refractivity contribution >= 4 is 9.84 Å². The molecule has 0 amide bonds. The van der Waals surface area contributed by atoms with E-state index in [1.165, 1.54) is 0 Å². The molecule has 0 radical (unpaired) electrons. The summed E-state index contributed by atoms with van der Waals surface area (Å²) in [5.74, 6) is 1.08. The molecule has 0 saturated carbocycles. The Labute approximate surface area is 137 Å². The van der Waals surface area contributed by atoms with Gasteiger partial charge in [0, 0.05) is 12.6 Å². The lowest BCUT2D eigenvalue weighted by molar-refractivity contribution is 0.301. The first-order chi connectivity index (χ1) is 11.1. The summed E-state index contributed by atoms with van der Waals surface area (Å²) in [6.45, 7) is 3.24. The van der Waals surface area contributed by atoms with Crippen LogP contribution in [0.1, 0.15) is 23.6 Å². The van der Waals surface area contributed by atoms with Crippen LogP contribution in [0.15, 0.2) is 53.4 Å². The van der Waals surface area contributed by atoms with Gasteiger partial charge in [0.2, 0.25) is 0 Å². The third-order valence-corrected chi connectivity index (χ3v) is 5.96. The second-order valence-corrected chi connectivity index (χ2v) is 7.84. The minimum absolute atomic E-state index is 0.0650. The highest BCUT2D eigenvalue weighted by molar-refractivity contribution is 7.91. The first kappa shape index (κ1) is 16.0. The van der Waals surface area contributed by atoms with Crippen molar-refractivity contribution in [2.24, 2.45) is 0 Å². The number of hydrogen-bond acceptors (Lipinski definition) is 4. The summed E-state index contributed by atoms with van der Waals surface area (Å²) in [7, 11) is -3.13. The van der Waals surface area contributed by atoms with Crippen molar-refractivity contribution in [2.45, 2.75) is 24.3 Å². The van der Waals surface area contributed by atoms with Crippen molar-refractivity contribution in [2.75, 3.05) is 18.9 Å². The van der Waals surface area contributed by atoms with E-state index in [-0.39, 0.29) is 11.8 Å². The second-order valence-electron chi connectivity index (χ2n) is 5.77. The highest BCUT2D eigenvalue weighted by Crippen LogP contribution is 2.31. The molecular formula is C18H21NO3S. The molecule has 0 aliphatic carbocycles. The third kappa shape index (κ3) is 3.57. The maximum atomic E-state index is 12.1. The Kier molecular flexibility index (Phi) is 4.68. The molecule has 3 rings (SSSR count). The van der Waals surface area contributed by atoms with Gasteiger partial charge in [-0.3, -0.25) is 0 Å². The third-order valence-electron chi connectivity index (χ3n) is 4.15. The summed E-state index contributed by atoms with van der Waals surface area (Å²) in [6, 6.07) is 15.2. The van der Waals surface area contributed by atoms with Crippen LogP contribution in [-0.2, 0) is 9.84 Å². The van der Waals surface area contributed by atoms with Crippen LogP contribution in [0.4, 0.5) is 0 Å². The van der Waals surface area contributed by atoms with Crippen molar-refractivity contribution in [3.63, 3.8) is 0 Å². The van der Waals surface area contributed by atoms with Crippen LogP contribution in [0.5, 0.6) is 5.75 Å². The first-order valence-electron chi connectivity index (χ1n) is 7.81. The molecule has 23 heavy (non-hydrogen) atoms. The zero-order valence-electron chi connectivity index (χ0n) is 13.2. The highest BCUT2D eigenvalue weighted by Gasteiger charge is 2.29. The Balaban J connectivity index is 1.60. The van der Waals surface area contributed by atoms with E-state index in [1.807, 2.05) is 43.3 Å². The molecule has 0 saturated heterocycles. The largest absolute Gasteiger partial charge is 0.492 e. The molecule has 0 aromatic heterocycles. The van der Waals surface area contributed by atoms with Crippen LogP contribution in [0, 0.1) is 6.92 Å². The fourth-order valence-corrected chi connectivity index (χ4v) is 4.54. The number of aryl methyl sites for hydroxylation is 1. The van der Waals surface area contributed by atoms with E-state index in [0.29, 0.717) is 24.5 Å². The van der Waals surface area contributed by atoms with Gasteiger partial charge in [-0.1, -0.05) is 36.4 Å². The smallest absolute Gasteiger partial charge is 0.178 e. The lowest BCUT2D eigenvalue weighted by Gasteiger charge is -2.26. The van der Waals surface area contributed by atoms with Gasteiger partial charge in [-0.05, 0) is 36.6 Å². The Morgan fingerprint density at radius 1 is 1.13 bits per heavy atom. The molecule has 1 atom stereocenters. The van der Waals surface area contributed by atoms with Crippen LogP contribution < -0.4 is 10.1 Å². The minimum atomic E-state index is -3.13. The molecule has 2 aromatic rings. The van der Waals surface area contributed by atoms with E-state index in [1.54, 1.807) is 12.1 Å². The summed E-state index contributed by atoms with van der Waals surface area (Å²) >= 11 is 0. The zero-order valence-corrected chi connectivity index (χ0v) is 14.0. The van der Waals surface area contributed by atoms with E-state index in [2.05, 4.69) is 5.32 Å². The highest BCUT2D eigenvalue weighted by atomic mass is 32.2. The molecule has 2 aromatic carbocycles. The van der Waals surface area contributed by atoms with Gasteiger partial charge < -0.3 is 10.1 Å². The molecule has 1 aliphatic heterocycles. The first-order valence-corrected chi connectivity index (χ1v) is 9.47. The fraction of sp³-hybridized carbons (Fsp3) is 0.333. The van der Waals surface area contributed by atoms with Crippen molar-refractivity contribution in [1.82, 2.24) is 5.32 Å². The van der Waals surface area contributed by atoms with Crippen LogP contribution in [-0.4, -0.2) is 27.3 Å². The standard InChI is InChI=1S/C18H21NO3S/c1-14-6-2-4-8-17(14)22-12-11-19-16-10-13-23(20,21)18-9-5-3-7-15(16)18/h2-9,16,19H,10-13H2,1H3/t16-/m0/s1.